The standard InChI is InChI=1S/C23H48O2Si3/c1-15-20(24-27(11,12)22(2,3)4)19-21(17-16-18-26(8,9)10)25-28(13,14)23(5,6)7/h15,20-21H,1,17,19H2,2-14H3/t20-,21-/m1/s1. The van der Waals surface area contributed by atoms with E-state index in [9.17, 15) is 0 Å². The van der Waals surface area contributed by atoms with E-state index in [4.69, 9.17) is 8.85 Å². The fourth-order valence-corrected chi connectivity index (χ4v) is 5.51. The van der Waals surface area contributed by atoms with Gasteiger partial charge in [0.15, 0.2) is 16.6 Å². The van der Waals surface area contributed by atoms with E-state index in [1.807, 2.05) is 6.08 Å². The molecule has 0 amide bonds. The van der Waals surface area contributed by atoms with Crippen LogP contribution in [0.5, 0.6) is 0 Å². The van der Waals surface area contributed by atoms with Gasteiger partial charge >= 0.3 is 0 Å². The molecule has 5 heteroatoms. The summed E-state index contributed by atoms with van der Waals surface area (Å²) in [7, 11) is -5.11. The molecule has 0 heterocycles. The van der Waals surface area contributed by atoms with Crippen LogP contribution in [0.3, 0.4) is 0 Å². The van der Waals surface area contributed by atoms with Crippen molar-refractivity contribution < 1.29 is 8.85 Å². The Bertz CT molecular complexity index is 564. The maximum Gasteiger partial charge on any atom is 0.192 e. The molecule has 0 N–H and O–H groups in total. The van der Waals surface area contributed by atoms with E-state index < -0.39 is 24.7 Å². The lowest BCUT2D eigenvalue weighted by Gasteiger charge is -2.41. The molecule has 164 valence electrons. The van der Waals surface area contributed by atoms with Crippen LogP contribution < -0.4 is 0 Å². The minimum absolute atomic E-state index is 0.0179. The minimum Gasteiger partial charge on any atom is -0.413 e. The topological polar surface area (TPSA) is 18.5 Å². The quantitative estimate of drug-likeness (QED) is 0.219. The monoisotopic (exact) mass is 440 g/mol. The van der Waals surface area contributed by atoms with Gasteiger partial charge in [-0.3, -0.25) is 0 Å². The van der Waals surface area contributed by atoms with Gasteiger partial charge in [-0.1, -0.05) is 67.3 Å². The van der Waals surface area contributed by atoms with Gasteiger partial charge in [-0.2, -0.15) is 0 Å². The Hall–Kier alpha value is -0.129. The predicted octanol–water partition coefficient (Wildman–Crippen LogP) is 7.61. The van der Waals surface area contributed by atoms with E-state index in [0.717, 1.165) is 12.8 Å². The summed E-state index contributed by atoms with van der Waals surface area (Å²) in [4.78, 5) is 0. The Morgan fingerprint density at radius 1 is 0.821 bits per heavy atom. The van der Waals surface area contributed by atoms with Crippen molar-refractivity contribution in [3.63, 3.8) is 0 Å². The van der Waals surface area contributed by atoms with Gasteiger partial charge < -0.3 is 8.85 Å². The van der Waals surface area contributed by atoms with E-state index >= 15 is 0 Å². The lowest BCUT2D eigenvalue weighted by molar-refractivity contribution is 0.117. The molecule has 0 spiro atoms. The average molecular weight is 441 g/mol. The van der Waals surface area contributed by atoms with Crippen molar-refractivity contribution in [3.05, 3.63) is 12.7 Å². The molecule has 0 aliphatic heterocycles. The Morgan fingerprint density at radius 3 is 1.61 bits per heavy atom. The van der Waals surface area contributed by atoms with Gasteiger partial charge in [0.2, 0.25) is 0 Å². The highest BCUT2D eigenvalue weighted by molar-refractivity contribution is 6.83. The fraction of sp³-hybridized carbons (Fsp3) is 0.826. The summed E-state index contributed by atoms with van der Waals surface area (Å²) in [5, 5.41) is 0.364. The van der Waals surface area contributed by atoms with Gasteiger partial charge in [0.05, 0.1) is 12.2 Å². The first-order valence-corrected chi connectivity index (χ1v) is 20.0. The minimum atomic E-state index is -1.87. The highest BCUT2D eigenvalue weighted by atomic mass is 28.4. The first kappa shape index (κ1) is 27.9. The highest BCUT2D eigenvalue weighted by Gasteiger charge is 2.41. The summed E-state index contributed by atoms with van der Waals surface area (Å²) in [5.74, 6) is 3.45. The second kappa shape index (κ2) is 9.79. The van der Waals surface area contributed by atoms with Crippen molar-refractivity contribution in [3.8, 4) is 11.5 Å². The zero-order chi connectivity index (χ0) is 22.6. The molecule has 0 unspecified atom stereocenters. The number of hydrogen-bond acceptors (Lipinski definition) is 2. The Labute approximate surface area is 180 Å². The molecule has 2 atom stereocenters. The molecule has 2 nitrogen and oxygen atoms in total. The van der Waals surface area contributed by atoms with Crippen molar-refractivity contribution in [2.75, 3.05) is 0 Å². The third kappa shape index (κ3) is 9.58. The summed E-state index contributed by atoms with van der Waals surface area (Å²) in [6, 6.07) is 0. The van der Waals surface area contributed by atoms with Crippen molar-refractivity contribution in [2.45, 2.75) is 122 Å². The molecule has 0 aromatic heterocycles. The van der Waals surface area contributed by atoms with Crippen LogP contribution in [0.2, 0.25) is 55.9 Å². The maximum atomic E-state index is 6.79. The van der Waals surface area contributed by atoms with E-state index in [1.165, 1.54) is 0 Å². The maximum absolute atomic E-state index is 6.79. The second-order valence-electron chi connectivity index (χ2n) is 12.1. The van der Waals surface area contributed by atoms with Crippen LogP contribution in [0.25, 0.3) is 0 Å². The second-order valence-corrected chi connectivity index (χ2v) is 26.4. The largest absolute Gasteiger partial charge is 0.413 e. The zero-order valence-electron chi connectivity index (χ0n) is 21.2. The van der Waals surface area contributed by atoms with Crippen LogP contribution in [0.1, 0.15) is 54.4 Å². The molecule has 28 heavy (non-hydrogen) atoms. The van der Waals surface area contributed by atoms with Crippen molar-refractivity contribution in [2.24, 2.45) is 0 Å². The molecule has 0 bridgehead atoms. The molecule has 0 aromatic carbocycles. The zero-order valence-corrected chi connectivity index (χ0v) is 24.2. The molecule has 0 aromatic rings. The van der Waals surface area contributed by atoms with Gasteiger partial charge in [-0.15, -0.1) is 18.0 Å². The van der Waals surface area contributed by atoms with E-state index in [0.29, 0.717) is 0 Å². The molecule has 0 radical (unpaired) electrons. The average Bonchev–Trinajstić information content (AvgIpc) is 2.41. The Kier molecular flexibility index (Phi) is 9.74. The van der Waals surface area contributed by atoms with Crippen LogP contribution >= 0.6 is 0 Å². The number of rotatable bonds is 8. The first-order valence-electron chi connectivity index (χ1n) is 10.7. The summed E-state index contributed by atoms with van der Waals surface area (Å²) in [5.41, 5.74) is 3.51. The first-order chi connectivity index (χ1) is 12.2. The summed E-state index contributed by atoms with van der Waals surface area (Å²) >= 11 is 0. The lowest BCUT2D eigenvalue weighted by Crippen LogP contribution is -2.47. The smallest absolute Gasteiger partial charge is 0.192 e. The molecule has 0 aliphatic carbocycles. The highest BCUT2D eigenvalue weighted by Crippen LogP contribution is 2.40. The molecule has 0 fully saturated rings. The Balaban J connectivity index is 5.53. The number of hydrogen-bond donors (Lipinski definition) is 0. The molecule has 0 saturated carbocycles. The van der Waals surface area contributed by atoms with Gasteiger partial charge in [-0.05, 0) is 36.3 Å². The Morgan fingerprint density at radius 2 is 1.25 bits per heavy atom. The van der Waals surface area contributed by atoms with Gasteiger partial charge in [0.1, 0.15) is 8.07 Å². The van der Waals surface area contributed by atoms with Crippen molar-refractivity contribution in [1.82, 2.24) is 0 Å². The van der Waals surface area contributed by atoms with Crippen LogP contribution in [0.4, 0.5) is 0 Å². The molecule has 0 rings (SSSR count). The molecule has 0 aliphatic rings. The van der Waals surface area contributed by atoms with Crippen LogP contribution in [0.15, 0.2) is 12.7 Å². The third-order valence-electron chi connectivity index (χ3n) is 6.07. The van der Waals surface area contributed by atoms with E-state index in [-0.39, 0.29) is 22.3 Å². The van der Waals surface area contributed by atoms with Crippen molar-refractivity contribution in [1.29, 1.82) is 0 Å². The van der Waals surface area contributed by atoms with E-state index in [1.54, 1.807) is 0 Å². The van der Waals surface area contributed by atoms with Crippen LogP contribution in [-0.2, 0) is 8.85 Å². The summed E-state index contributed by atoms with van der Waals surface area (Å²) in [6.45, 7) is 33.9. The van der Waals surface area contributed by atoms with E-state index in [2.05, 4.69) is 105 Å². The van der Waals surface area contributed by atoms with Crippen LogP contribution in [0, 0.1) is 11.5 Å². The normalized spacial score (nSPS) is 16.2. The van der Waals surface area contributed by atoms with Gasteiger partial charge in [0.25, 0.3) is 0 Å². The molecular formula is C23H48O2Si3. The predicted molar refractivity (Wildman–Crippen MR) is 135 cm³/mol. The SMILES string of the molecule is C=C[C@H](C[C@@H](CC#C[Si](C)(C)C)O[Si](C)(C)C(C)(C)C)O[Si](C)(C)C(C)(C)C. The van der Waals surface area contributed by atoms with Crippen LogP contribution in [-0.4, -0.2) is 36.9 Å². The molecular weight excluding hydrogens is 393 g/mol. The summed E-state index contributed by atoms with van der Waals surface area (Å²) in [6.07, 6.45) is 3.70. The summed E-state index contributed by atoms with van der Waals surface area (Å²) < 4.78 is 13.4. The van der Waals surface area contributed by atoms with Gasteiger partial charge in [0, 0.05) is 12.8 Å². The third-order valence-corrected chi connectivity index (χ3v) is 16.0. The fourth-order valence-electron chi connectivity index (χ4n) is 2.20. The lowest BCUT2D eigenvalue weighted by atomic mass is 10.1. The van der Waals surface area contributed by atoms with Crippen molar-refractivity contribution >= 4 is 24.7 Å². The molecule has 0 saturated heterocycles. The van der Waals surface area contributed by atoms with Gasteiger partial charge in [-0.25, -0.2) is 0 Å².